The molecule has 1 fully saturated rings. The van der Waals surface area contributed by atoms with Crippen molar-refractivity contribution in [3.63, 3.8) is 0 Å². The summed E-state index contributed by atoms with van der Waals surface area (Å²) in [5, 5.41) is 0.651. The first-order valence-corrected chi connectivity index (χ1v) is 11.1. The average molecular weight is 428 g/mol. The van der Waals surface area contributed by atoms with Gasteiger partial charge in [0.25, 0.3) is 0 Å². The van der Waals surface area contributed by atoms with Gasteiger partial charge in [-0.15, -0.1) is 0 Å². The lowest BCUT2D eigenvalue weighted by Gasteiger charge is -2.39. The van der Waals surface area contributed by atoms with Gasteiger partial charge in [0.05, 0.1) is 6.04 Å². The van der Waals surface area contributed by atoms with E-state index in [-0.39, 0.29) is 35.9 Å². The van der Waals surface area contributed by atoms with Crippen molar-refractivity contribution in [2.75, 3.05) is 13.1 Å². The van der Waals surface area contributed by atoms with Crippen molar-refractivity contribution >= 4 is 23.4 Å². The Balaban J connectivity index is 1.60. The van der Waals surface area contributed by atoms with Crippen LogP contribution in [0, 0.1) is 5.41 Å². The molecule has 2 heterocycles. The van der Waals surface area contributed by atoms with E-state index in [2.05, 4.69) is 31.4 Å². The van der Waals surface area contributed by atoms with Crippen LogP contribution in [0.1, 0.15) is 57.3 Å². The predicted octanol–water partition coefficient (Wildman–Crippen LogP) is 4.50. The molecule has 2 aliphatic rings. The topological polar surface area (TPSA) is 45.6 Å². The lowest BCUT2D eigenvalue weighted by atomic mass is 9.91. The maximum Gasteiger partial charge on any atom is 0.243 e. The number of carbonyl (C=O) groups excluding carboxylic acids is 2. The molecule has 0 saturated heterocycles. The van der Waals surface area contributed by atoms with Crippen LogP contribution in [0.2, 0.25) is 5.02 Å². The van der Waals surface area contributed by atoms with Gasteiger partial charge in [0, 0.05) is 42.5 Å². The Labute approximate surface area is 183 Å². The van der Waals surface area contributed by atoms with Crippen LogP contribution in [-0.4, -0.2) is 45.3 Å². The van der Waals surface area contributed by atoms with E-state index in [9.17, 15) is 9.59 Å². The number of hydrogen-bond acceptors (Lipinski definition) is 2. The van der Waals surface area contributed by atoms with Crippen LogP contribution in [0.4, 0.5) is 0 Å². The molecule has 1 aliphatic carbocycles. The average Bonchev–Trinajstić information content (AvgIpc) is 3.40. The number of aromatic nitrogens is 1. The van der Waals surface area contributed by atoms with Gasteiger partial charge in [-0.3, -0.25) is 9.59 Å². The third-order valence-corrected chi connectivity index (χ3v) is 6.20. The van der Waals surface area contributed by atoms with Gasteiger partial charge in [0.2, 0.25) is 11.8 Å². The Bertz CT molecular complexity index is 942. The predicted molar refractivity (Wildman–Crippen MR) is 118 cm³/mol. The van der Waals surface area contributed by atoms with Crippen molar-refractivity contribution in [1.29, 1.82) is 0 Å². The smallest absolute Gasteiger partial charge is 0.243 e. The molecule has 0 spiro atoms. The largest absolute Gasteiger partial charge is 0.348 e. The molecule has 0 radical (unpaired) electrons. The molecule has 0 N–H and O–H groups in total. The van der Waals surface area contributed by atoms with Crippen LogP contribution >= 0.6 is 11.6 Å². The highest BCUT2D eigenvalue weighted by atomic mass is 35.5. The molecule has 1 unspecified atom stereocenters. The van der Waals surface area contributed by atoms with Gasteiger partial charge >= 0.3 is 0 Å². The summed E-state index contributed by atoms with van der Waals surface area (Å²) in [4.78, 5) is 30.2. The fourth-order valence-corrected chi connectivity index (χ4v) is 4.51. The van der Waals surface area contributed by atoms with Crippen LogP contribution in [0.5, 0.6) is 0 Å². The Hall–Kier alpha value is -2.27. The van der Waals surface area contributed by atoms with Gasteiger partial charge < -0.3 is 14.4 Å². The molecule has 6 heteroatoms. The van der Waals surface area contributed by atoms with Gasteiger partial charge in [-0.05, 0) is 42.0 Å². The quantitative estimate of drug-likeness (QED) is 0.705. The van der Waals surface area contributed by atoms with Crippen LogP contribution in [0.25, 0.3) is 0 Å². The zero-order chi connectivity index (χ0) is 21.5. The van der Waals surface area contributed by atoms with Crippen LogP contribution in [0.3, 0.4) is 0 Å². The molecule has 1 saturated carbocycles. The summed E-state index contributed by atoms with van der Waals surface area (Å²) in [5.74, 6) is 0.0644. The summed E-state index contributed by atoms with van der Waals surface area (Å²) >= 11 is 6.54. The van der Waals surface area contributed by atoms with Gasteiger partial charge in [0.1, 0.15) is 6.54 Å². The first-order valence-electron chi connectivity index (χ1n) is 10.7. The molecule has 1 aliphatic heterocycles. The maximum absolute atomic E-state index is 13.5. The maximum atomic E-state index is 13.5. The second-order valence-corrected chi connectivity index (χ2v) is 10.0. The summed E-state index contributed by atoms with van der Waals surface area (Å²) < 4.78 is 2.18. The summed E-state index contributed by atoms with van der Waals surface area (Å²) in [6.45, 7) is 7.66. The molecule has 5 nitrogen and oxygen atoms in total. The highest BCUT2D eigenvalue weighted by Crippen LogP contribution is 2.37. The fraction of sp³-hybridized carbons (Fsp3) is 0.500. The third kappa shape index (κ3) is 4.41. The Morgan fingerprint density at radius 1 is 1.10 bits per heavy atom. The molecule has 2 amide bonds. The number of rotatable bonds is 5. The Morgan fingerprint density at radius 3 is 2.50 bits per heavy atom. The van der Waals surface area contributed by atoms with Crippen LogP contribution in [0.15, 0.2) is 42.6 Å². The number of hydrogen-bond donors (Lipinski definition) is 0. The summed E-state index contributed by atoms with van der Waals surface area (Å²) in [7, 11) is 0. The zero-order valence-corrected chi connectivity index (χ0v) is 18.7. The number of fused-ring (bicyclic) bond motifs is 1. The highest BCUT2D eigenvalue weighted by molar-refractivity contribution is 6.31. The number of carbonyl (C=O) groups is 2. The molecule has 30 heavy (non-hydrogen) atoms. The number of benzene rings is 1. The second-order valence-electron chi connectivity index (χ2n) is 9.63. The van der Waals surface area contributed by atoms with E-state index in [0.29, 0.717) is 18.0 Å². The normalized spacial score (nSPS) is 18.8. The van der Waals surface area contributed by atoms with E-state index >= 15 is 0 Å². The monoisotopic (exact) mass is 427 g/mol. The standard InChI is InChI=1S/C24H30ClN3O2/c1-24(2,3)15-21(29)28(17-10-11-17)16-22(30)27-14-13-26-12-6-9-20(26)23(27)18-7-4-5-8-19(18)25/h4-9,12,17,23H,10-11,13-16H2,1-3H3. The second kappa shape index (κ2) is 8.10. The van der Waals surface area contributed by atoms with E-state index in [4.69, 9.17) is 11.6 Å². The lowest BCUT2D eigenvalue weighted by molar-refractivity contribution is -0.143. The van der Waals surface area contributed by atoms with Crippen molar-refractivity contribution in [3.8, 4) is 0 Å². The van der Waals surface area contributed by atoms with Crippen molar-refractivity contribution < 1.29 is 9.59 Å². The minimum atomic E-state index is -0.242. The Kier molecular flexibility index (Phi) is 5.67. The van der Waals surface area contributed by atoms with Crippen LogP contribution in [-0.2, 0) is 16.1 Å². The molecule has 2 aromatic rings. The van der Waals surface area contributed by atoms with Crippen molar-refractivity contribution in [3.05, 3.63) is 58.9 Å². The van der Waals surface area contributed by atoms with Gasteiger partial charge in [-0.2, -0.15) is 0 Å². The van der Waals surface area contributed by atoms with Crippen molar-refractivity contribution in [2.45, 2.75) is 58.7 Å². The summed E-state index contributed by atoms with van der Waals surface area (Å²) in [6, 6.07) is 11.7. The molecular formula is C24H30ClN3O2. The Morgan fingerprint density at radius 2 is 1.83 bits per heavy atom. The van der Waals surface area contributed by atoms with E-state index in [1.807, 2.05) is 46.3 Å². The molecule has 1 atom stereocenters. The van der Waals surface area contributed by atoms with E-state index in [1.54, 1.807) is 0 Å². The molecule has 4 rings (SSSR count). The first kappa shape index (κ1) is 21.0. The van der Waals surface area contributed by atoms with E-state index in [1.165, 1.54) is 0 Å². The van der Waals surface area contributed by atoms with E-state index < -0.39 is 0 Å². The van der Waals surface area contributed by atoms with Crippen molar-refractivity contribution in [2.24, 2.45) is 5.41 Å². The number of amides is 2. The third-order valence-electron chi connectivity index (χ3n) is 5.85. The van der Waals surface area contributed by atoms with Gasteiger partial charge in [0.15, 0.2) is 0 Å². The van der Waals surface area contributed by atoms with Gasteiger partial charge in [-0.1, -0.05) is 50.6 Å². The minimum absolute atomic E-state index is 0.0125. The number of halogens is 1. The molecule has 1 aromatic heterocycles. The molecular weight excluding hydrogens is 398 g/mol. The lowest BCUT2D eigenvalue weighted by Crippen LogP contribution is -2.49. The van der Waals surface area contributed by atoms with Crippen LogP contribution < -0.4 is 0 Å². The summed E-state index contributed by atoms with van der Waals surface area (Å²) in [6.07, 6.45) is 4.47. The first-order chi connectivity index (χ1) is 14.2. The molecule has 1 aromatic carbocycles. The zero-order valence-electron chi connectivity index (χ0n) is 18.0. The SMILES string of the molecule is CC(C)(C)CC(=O)N(CC(=O)N1CCn2cccc2C1c1ccccc1Cl)C1CC1. The van der Waals surface area contributed by atoms with Gasteiger partial charge in [-0.25, -0.2) is 0 Å². The highest BCUT2D eigenvalue weighted by Gasteiger charge is 2.39. The molecule has 160 valence electrons. The summed E-state index contributed by atoms with van der Waals surface area (Å²) in [5.41, 5.74) is 1.88. The number of nitrogens with zero attached hydrogens (tertiary/aromatic N) is 3. The van der Waals surface area contributed by atoms with Crippen molar-refractivity contribution in [1.82, 2.24) is 14.4 Å². The fourth-order valence-electron chi connectivity index (χ4n) is 4.28. The minimum Gasteiger partial charge on any atom is -0.348 e. The van der Waals surface area contributed by atoms with E-state index in [0.717, 1.165) is 30.6 Å². The molecule has 0 bridgehead atoms.